The maximum absolute atomic E-state index is 5.66. The molecule has 1 aromatic carbocycles. The molecule has 2 heteroatoms. The lowest BCUT2D eigenvalue weighted by Crippen LogP contribution is -2.32. The van der Waals surface area contributed by atoms with Crippen LogP contribution in [0.25, 0.3) is 0 Å². The van der Waals surface area contributed by atoms with Gasteiger partial charge in [0.25, 0.3) is 0 Å². The summed E-state index contributed by atoms with van der Waals surface area (Å²) in [5.74, 6) is 0.664. The van der Waals surface area contributed by atoms with Crippen molar-refractivity contribution in [1.29, 1.82) is 0 Å². The maximum Gasteiger partial charge on any atom is 0.0366 e. The van der Waals surface area contributed by atoms with Gasteiger partial charge in [0, 0.05) is 25.3 Å². The summed E-state index contributed by atoms with van der Waals surface area (Å²) < 4.78 is 0. The predicted molar refractivity (Wildman–Crippen MR) is 71.9 cm³/mol. The Bertz CT molecular complexity index is 290. The van der Waals surface area contributed by atoms with E-state index in [0.717, 1.165) is 19.5 Å². The van der Waals surface area contributed by atoms with Crippen LogP contribution in [0.3, 0.4) is 0 Å². The van der Waals surface area contributed by atoms with Crippen molar-refractivity contribution in [3.63, 3.8) is 0 Å². The van der Waals surface area contributed by atoms with Crippen LogP contribution in [0.4, 0.5) is 5.69 Å². The molecule has 16 heavy (non-hydrogen) atoms. The smallest absolute Gasteiger partial charge is 0.0366 e. The summed E-state index contributed by atoms with van der Waals surface area (Å²) >= 11 is 0. The lowest BCUT2D eigenvalue weighted by molar-refractivity contribution is 0.611. The van der Waals surface area contributed by atoms with Gasteiger partial charge in [0.1, 0.15) is 0 Å². The van der Waals surface area contributed by atoms with Crippen LogP contribution in [0.1, 0.15) is 26.3 Å². The van der Waals surface area contributed by atoms with E-state index >= 15 is 0 Å². The van der Waals surface area contributed by atoms with Gasteiger partial charge in [0.2, 0.25) is 0 Å². The van der Waals surface area contributed by atoms with Crippen LogP contribution >= 0.6 is 0 Å². The van der Waals surface area contributed by atoms with Gasteiger partial charge >= 0.3 is 0 Å². The summed E-state index contributed by atoms with van der Waals surface area (Å²) in [7, 11) is 0. The molecule has 0 aromatic heterocycles. The molecule has 2 nitrogen and oxygen atoms in total. The summed E-state index contributed by atoms with van der Waals surface area (Å²) in [6.45, 7) is 9.38. The van der Waals surface area contributed by atoms with Crippen molar-refractivity contribution in [2.45, 2.75) is 27.2 Å². The lowest BCUT2D eigenvalue weighted by atomic mass is 10.1. The van der Waals surface area contributed by atoms with Crippen molar-refractivity contribution >= 4 is 5.69 Å². The van der Waals surface area contributed by atoms with Crippen LogP contribution in [0.2, 0.25) is 0 Å². The molecule has 2 N–H and O–H groups in total. The Morgan fingerprint density at radius 2 is 1.81 bits per heavy atom. The number of nitrogens with two attached hydrogens (primary N) is 1. The van der Waals surface area contributed by atoms with E-state index in [1.807, 2.05) is 0 Å². The first-order chi connectivity index (χ1) is 7.67. The number of anilines is 1. The molecule has 0 spiro atoms. The fraction of sp³-hybridized carbons (Fsp3) is 0.571. The maximum atomic E-state index is 5.66. The Labute approximate surface area is 99.5 Å². The molecule has 0 saturated heterocycles. The largest absolute Gasteiger partial charge is 0.370 e. The molecule has 0 aliphatic heterocycles. The molecule has 0 heterocycles. The van der Waals surface area contributed by atoms with Gasteiger partial charge in [-0.05, 0) is 30.0 Å². The van der Waals surface area contributed by atoms with Gasteiger partial charge in [-0.1, -0.05) is 32.9 Å². The standard InChI is InChI=1S/C14H24N2/c1-4-13-5-7-14(8-6-13)16(10-9-15)11-12(2)3/h5-8,12H,4,9-11,15H2,1-3H3. The van der Waals surface area contributed by atoms with Crippen LogP contribution in [0.5, 0.6) is 0 Å². The molecule has 0 aliphatic rings. The monoisotopic (exact) mass is 220 g/mol. The zero-order valence-corrected chi connectivity index (χ0v) is 10.7. The summed E-state index contributed by atoms with van der Waals surface area (Å²) in [6, 6.07) is 8.83. The number of hydrogen-bond donors (Lipinski definition) is 1. The molecule has 90 valence electrons. The molecule has 0 atom stereocenters. The second-order valence-electron chi connectivity index (χ2n) is 4.65. The van der Waals surface area contributed by atoms with Gasteiger partial charge in [-0.15, -0.1) is 0 Å². The minimum atomic E-state index is 0.664. The average molecular weight is 220 g/mol. The third-order valence-corrected chi connectivity index (χ3v) is 2.69. The number of aryl methyl sites for hydroxylation is 1. The van der Waals surface area contributed by atoms with E-state index in [2.05, 4.69) is 49.9 Å². The van der Waals surface area contributed by atoms with Crippen LogP contribution < -0.4 is 10.6 Å². The minimum absolute atomic E-state index is 0.664. The summed E-state index contributed by atoms with van der Waals surface area (Å²) in [5.41, 5.74) is 8.33. The summed E-state index contributed by atoms with van der Waals surface area (Å²) in [6.07, 6.45) is 1.10. The van der Waals surface area contributed by atoms with Gasteiger partial charge in [-0.3, -0.25) is 0 Å². The van der Waals surface area contributed by atoms with Crippen LogP contribution in [0, 0.1) is 5.92 Å². The quantitative estimate of drug-likeness (QED) is 0.798. The van der Waals surface area contributed by atoms with E-state index in [9.17, 15) is 0 Å². The summed E-state index contributed by atoms with van der Waals surface area (Å²) in [5, 5.41) is 0. The Balaban J connectivity index is 2.75. The molecule has 1 aromatic rings. The number of rotatable bonds is 6. The molecule has 0 bridgehead atoms. The van der Waals surface area contributed by atoms with Gasteiger partial charge in [0.05, 0.1) is 0 Å². The average Bonchev–Trinajstić information content (AvgIpc) is 2.28. The first-order valence-electron chi connectivity index (χ1n) is 6.21. The zero-order valence-electron chi connectivity index (χ0n) is 10.7. The Kier molecular flexibility index (Phi) is 5.33. The van der Waals surface area contributed by atoms with Crippen molar-refractivity contribution in [2.75, 3.05) is 24.5 Å². The second-order valence-corrected chi connectivity index (χ2v) is 4.65. The first-order valence-corrected chi connectivity index (χ1v) is 6.21. The number of nitrogens with zero attached hydrogens (tertiary/aromatic N) is 1. The highest BCUT2D eigenvalue weighted by Crippen LogP contribution is 2.16. The minimum Gasteiger partial charge on any atom is -0.370 e. The van der Waals surface area contributed by atoms with Gasteiger partial charge in [-0.2, -0.15) is 0 Å². The Morgan fingerprint density at radius 3 is 2.25 bits per heavy atom. The normalized spacial score (nSPS) is 10.8. The lowest BCUT2D eigenvalue weighted by Gasteiger charge is -2.26. The Hall–Kier alpha value is -1.02. The second kappa shape index (κ2) is 6.54. The molecule has 0 saturated carbocycles. The molecular weight excluding hydrogens is 196 g/mol. The van der Waals surface area contributed by atoms with Crippen molar-refractivity contribution < 1.29 is 0 Å². The van der Waals surface area contributed by atoms with E-state index in [0.29, 0.717) is 12.5 Å². The molecule has 0 fully saturated rings. The van der Waals surface area contributed by atoms with Crippen molar-refractivity contribution in [2.24, 2.45) is 11.7 Å². The van der Waals surface area contributed by atoms with Gasteiger partial charge in [-0.25, -0.2) is 0 Å². The SMILES string of the molecule is CCc1ccc(N(CCN)CC(C)C)cc1. The van der Waals surface area contributed by atoms with E-state index in [1.165, 1.54) is 11.3 Å². The van der Waals surface area contributed by atoms with Gasteiger partial charge in [0.15, 0.2) is 0 Å². The fourth-order valence-corrected chi connectivity index (χ4v) is 1.86. The van der Waals surface area contributed by atoms with Crippen molar-refractivity contribution in [3.05, 3.63) is 29.8 Å². The Morgan fingerprint density at radius 1 is 1.19 bits per heavy atom. The zero-order chi connectivity index (χ0) is 12.0. The van der Waals surface area contributed by atoms with Crippen LogP contribution in [-0.2, 0) is 6.42 Å². The molecule has 0 aliphatic carbocycles. The predicted octanol–water partition coefficient (Wildman–Crippen LogP) is 2.67. The number of benzene rings is 1. The fourth-order valence-electron chi connectivity index (χ4n) is 1.86. The third-order valence-electron chi connectivity index (χ3n) is 2.69. The van der Waals surface area contributed by atoms with Crippen molar-refractivity contribution in [3.8, 4) is 0 Å². The van der Waals surface area contributed by atoms with E-state index in [-0.39, 0.29) is 0 Å². The molecule has 0 amide bonds. The third kappa shape index (κ3) is 3.86. The molecule has 0 unspecified atom stereocenters. The van der Waals surface area contributed by atoms with E-state index in [1.54, 1.807) is 0 Å². The van der Waals surface area contributed by atoms with Crippen molar-refractivity contribution in [1.82, 2.24) is 0 Å². The topological polar surface area (TPSA) is 29.3 Å². The molecule has 1 rings (SSSR count). The number of hydrogen-bond acceptors (Lipinski definition) is 2. The van der Waals surface area contributed by atoms with Gasteiger partial charge < -0.3 is 10.6 Å². The van der Waals surface area contributed by atoms with E-state index in [4.69, 9.17) is 5.73 Å². The highest BCUT2D eigenvalue weighted by Gasteiger charge is 2.07. The molecular formula is C14H24N2. The van der Waals surface area contributed by atoms with Crippen LogP contribution in [0.15, 0.2) is 24.3 Å². The highest BCUT2D eigenvalue weighted by atomic mass is 15.1. The molecule has 0 radical (unpaired) electrons. The highest BCUT2D eigenvalue weighted by molar-refractivity contribution is 5.47. The first kappa shape index (κ1) is 13.0. The van der Waals surface area contributed by atoms with Crippen LogP contribution in [-0.4, -0.2) is 19.6 Å². The van der Waals surface area contributed by atoms with E-state index < -0.39 is 0 Å². The summed E-state index contributed by atoms with van der Waals surface area (Å²) in [4.78, 5) is 2.37.